The Morgan fingerprint density at radius 1 is 1.10 bits per heavy atom. The van der Waals surface area contributed by atoms with Crippen LogP contribution in [0.25, 0.3) is 0 Å². The van der Waals surface area contributed by atoms with Gasteiger partial charge in [-0.1, -0.05) is 0 Å². The Balaban J connectivity index is 1.36. The van der Waals surface area contributed by atoms with E-state index in [9.17, 15) is 9.18 Å². The Labute approximate surface area is 172 Å². The molecule has 1 unspecified atom stereocenters. The lowest BCUT2D eigenvalue weighted by atomic mass is 10.1. The van der Waals surface area contributed by atoms with Gasteiger partial charge in [-0.05, 0) is 53.9 Å². The van der Waals surface area contributed by atoms with E-state index in [1.54, 1.807) is 6.26 Å². The van der Waals surface area contributed by atoms with Crippen molar-refractivity contribution >= 4 is 28.1 Å². The highest BCUT2D eigenvalue weighted by atomic mass is 32.1. The van der Waals surface area contributed by atoms with Gasteiger partial charge >= 0.3 is 6.03 Å². The maximum absolute atomic E-state index is 13.2. The highest BCUT2D eigenvalue weighted by molar-refractivity contribution is 7.14. The summed E-state index contributed by atoms with van der Waals surface area (Å²) in [7, 11) is 0. The number of hydrogen-bond acceptors (Lipinski definition) is 5. The summed E-state index contributed by atoms with van der Waals surface area (Å²) in [6.45, 7) is 3.73. The number of furan rings is 1. The second-order valence-corrected chi connectivity index (χ2v) is 7.79. The van der Waals surface area contributed by atoms with Gasteiger partial charge in [-0.3, -0.25) is 10.2 Å². The fourth-order valence-electron chi connectivity index (χ4n) is 3.53. The molecule has 1 saturated heterocycles. The van der Waals surface area contributed by atoms with Crippen LogP contribution in [-0.4, -0.2) is 43.7 Å². The monoisotopic (exact) mass is 414 g/mol. The van der Waals surface area contributed by atoms with Gasteiger partial charge in [-0.25, -0.2) is 9.18 Å². The summed E-state index contributed by atoms with van der Waals surface area (Å²) in [6.07, 6.45) is 1.66. The highest BCUT2D eigenvalue weighted by Crippen LogP contribution is 2.24. The van der Waals surface area contributed by atoms with Gasteiger partial charge in [0, 0.05) is 38.4 Å². The molecule has 4 rings (SSSR count). The third-order valence-electron chi connectivity index (χ3n) is 5.03. The van der Waals surface area contributed by atoms with Crippen LogP contribution in [0, 0.1) is 5.82 Å². The highest BCUT2D eigenvalue weighted by Gasteiger charge is 2.27. The van der Waals surface area contributed by atoms with Crippen LogP contribution in [0.3, 0.4) is 0 Å². The molecule has 8 heteroatoms. The fraction of sp³-hybridized carbons (Fsp3) is 0.286. The minimum absolute atomic E-state index is 0.0468. The minimum atomic E-state index is -0.228. The summed E-state index contributed by atoms with van der Waals surface area (Å²) in [5.74, 6) is 0.605. The van der Waals surface area contributed by atoms with Crippen LogP contribution in [0.2, 0.25) is 0 Å². The number of benzene rings is 1. The van der Waals surface area contributed by atoms with E-state index in [2.05, 4.69) is 20.4 Å². The molecule has 2 amide bonds. The topological polar surface area (TPSA) is 60.8 Å². The van der Waals surface area contributed by atoms with Gasteiger partial charge in [-0.15, -0.1) is 11.3 Å². The molecule has 1 aliphatic rings. The SMILES string of the molecule is O=C(NCC(c1ccco1)N1CCN(c2ccc(F)cc2)CC1)Nc1cccs1. The molecule has 0 aliphatic carbocycles. The number of nitrogens with one attached hydrogen (secondary N) is 2. The molecular weight excluding hydrogens is 391 g/mol. The van der Waals surface area contributed by atoms with E-state index >= 15 is 0 Å². The number of urea groups is 1. The predicted molar refractivity (Wildman–Crippen MR) is 113 cm³/mol. The normalized spacial score (nSPS) is 15.8. The molecule has 152 valence electrons. The number of amides is 2. The molecular formula is C21H23FN4O2S. The number of hydrogen-bond donors (Lipinski definition) is 2. The zero-order valence-electron chi connectivity index (χ0n) is 15.9. The fourth-order valence-corrected chi connectivity index (χ4v) is 4.14. The molecule has 0 bridgehead atoms. The van der Waals surface area contributed by atoms with Crippen LogP contribution < -0.4 is 15.5 Å². The van der Waals surface area contributed by atoms with Crippen LogP contribution in [-0.2, 0) is 0 Å². The lowest BCUT2D eigenvalue weighted by Gasteiger charge is -2.39. The smallest absolute Gasteiger partial charge is 0.319 e. The van der Waals surface area contributed by atoms with Gasteiger partial charge in [0.05, 0.1) is 17.3 Å². The van der Waals surface area contributed by atoms with Crippen LogP contribution in [0.1, 0.15) is 11.8 Å². The van der Waals surface area contributed by atoms with Crippen molar-refractivity contribution in [3.05, 3.63) is 71.8 Å². The zero-order chi connectivity index (χ0) is 20.1. The Hall–Kier alpha value is -2.84. The third kappa shape index (κ3) is 4.96. The van der Waals surface area contributed by atoms with Crippen molar-refractivity contribution in [1.29, 1.82) is 0 Å². The first kappa shape index (κ1) is 19.5. The predicted octanol–water partition coefficient (Wildman–Crippen LogP) is 4.17. The number of carbonyl (C=O) groups is 1. The Bertz CT molecular complexity index is 891. The molecule has 3 aromatic rings. The van der Waals surface area contributed by atoms with E-state index in [1.807, 2.05) is 41.8 Å². The van der Waals surface area contributed by atoms with Gasteiger partial charge < -0.3 is 14.6 Å². The largest absolute Gasteiger partial charge is 0.468 e. The number of anilines is 2. The second kappa shape index (κ2) is 9.11. The molecule has 0 saturated carbocycles. The average Bonchev–Trinajstić information content (AvgIpc) is 3.44. The molecule has 3 heterocycles. The van der Waals surface area contributed by atoms with Crippen LogP contribution in [0.5, 0.6) is 0 Å². The number of piperazine rings is 1. The number of nitrogens with zero attached hydrogens (tertiary/aromatic N) is 2. The van der Waals surface area contributed by atoms with Crippen LogP contribution in [0.15, 0.2) is 64.6 Å². The summed E-state index contributed by atoms with van der Waals surface area (Å²) in [5.41, 5.74) is 1.02. The molecule has 0 spiro atoms. The second-order valence-electron chi connectivity index (χ2n) is 6.84. The molecule has 2 aromatic heterocycles. The lowest BCUT2D eigenvalue weighted by molar-refractivity contribution is 0.162. The molecule has 6 nitrogen and oxygen atoms in total. The average molecular weight is 415 g/mol. The molecule has 29 heavy (non-hydrogen) atoms. The van der Waals surface area contributed by atoms with E-state index in [0.717, 1.165) is 42.6 Å². The first-order chi connectivity index (χ1) is 14.2. The van der Waals surface area contributed by atoms with Gasteiger partial charge in [0.2, 0.25) is 0 Å². The quantitative estimate of drug-likeness (QED) is 0.636. The standard InChI is InChI=1S/C21H23FN4O2S/c22-16-5-7-17(8-6-16)25-9-11-26(12-10-25)18(19-3-1-13-28-19)15-23-21(27)24-20-4-2-14-29-20/h1-8,13-14,18H,9-12,15H2,(H2,23,24,27). The van der Waals surface area contributed by atoms with Gasteiger partial charge in [0.25, 0.3) is 0 Å². The molecule has 1 fully saturated rings. The summed E-state index contributed by atoms with van der Waals surface area (Å²) in [4.78, 5) is 16.8. The maximum atomic E-state index is 13.2. The van der Waals surface area contributed by atoms with Crippen molar-refractivity contribution in [3.63, 3.8) is 0 Å². The van der Waals surface area contributed by atoms with Crippen molar-refractivity contribution in [3.8, 4) is 0 Å². The van der Waals surface area contributed by atoms with Crippen molar-refractivity contribution in [2.45, 2.75) is 6.04 Å². The molecule has 1 aliphatic heterocycles. The van der Waals surface area contributed by atoms with Crippen molar-refractivity contribution in [1.82, 2.24) is 10.2 Å². The Morgan fingerprint density at radius 3 is 2.55 bits per heavy atom. The summed E-state index contributed by atoms with van der Waals surface area (Å²) in [5, 5.41) is 8.52. The van der Waals surface area contributed by atoms with Gasteiger partial charge in [0.1, 0.15) is 11.6 Å². The lowest BCUT2D eigenvalue weighted by Crippen LogP contribution is -2.50. The van der Waals surface area contributed by atoms with E-state index in [0.29, 0.717) is 6.54 Å². The van der Waals surface area contributed by atoms with Crippen molar-refractivity contribution in [2.75, 3.05) is 42.9 Å². The first-order valence-corrected chi connectivity index (χ1v) is 10.4. The third-order valence-corrected chi connectivity index (χ3v) is 5.82. The van der Waals surface area contributed by atoms with Crippen LogP contribution in [0.4, 0.5) is 19.9 Å². The maximum Gasteiger partial charge on any atom is 0.319 e. The molecule has 1 aromatic carbocycles. The molecule has 2 N–H and O–H groups in total. The minimum Gasteiger partial charge on any atom is -0.468 e. The number of rotatable bonds is 6. The number of carbonyl (C=O) groups excluding carboxylic acids is 1. The van der Waals surface area contributed by atoms with E-state index < -0.39 is 0 Å². The summed E-state index contributed by atoms with van der Waals surface area (Å²) >= 11 is 1.48. The van der Waals surface area contributed by atoms with Crippen LogP contribution >= 0.6 is 11.3 Å². The van der Waals surface area contributed by atoms with Crippen molar-refractivity contribution < 1.29 is 13.6 Å². The molecule has 0 radical (unpaired) electrons. The summed E-state index contributed by atoms with van der Waals surface area (Å²) in [6, 6.07) is 13.9. The van der Waals surface area contributed by atoms with Gasteiger partial charge in [-0.2, -0.15) is 0 Å². The summed E-state index contributed by atoms with van der Waals surface area (Å²) < 4.78 is 18.8. The molecule has 1 atom stereocenters. The zero-order valence-corrected chi connectivity index (χ0v) is 16.7. The first-order valence-electron chi connectivity index (χ1n) is 9.55. The number of thiophene rings is 1. The Morgan fingerprint density at radius 2 is 1.90 bits per heavy atom. The van der Waals surface area contributed by atoms with E-state index in [4.69, 9.17) is 4.42 Å². The number of halogens is 1. The van der Waals surface area contributed by atoms with Gasteiger partial charge in [0.15, 0.2) is 0 Å². The van der Waals surface area contributed by atoms with E-state index in [-0.39, 0.29) is 17.9 Å². The Kier molecular flexibility index (Phi) is 6.12. The van der Waals surface area contributed by atoms with Crippen molar-refractivity contribution in [2.24, 2.45) is 0 Å². The van der Waals surface area contributed by atoms with E-state index in [1.165, 1.54) is 23.5 Å².